The average Bonchev–Trinajstić information content (AvgIpc) is 3.18. The molecule has 1 heterocycles. The van der Waals surface area contributed by atoms with Crippen molar-refractivity contribution in [1.29, 1.82) is 0 Å². The quantitative estimate of drug-likeness (QED) is 0.324. The van der Waals surface area contributed by atoms with Crippen molar-refractivity contribution in [3.63, 3.8) is 0 Å². The van der Waals surface area contributed by atoms with Gasteiger partial charge in [0.05, 0.1) is 5.52 Å². The largest absolute Gasteiger partial charge is 0.396 e. The van der Waals surface area contributed by atoms with Gasteiger partial charge < -0.3 is 15.7 Å². The van der Waals surface area contributed by atoms with Crippen LogP contribution >= 0.6 is 0 Å². The lowest BCUT2D eigenvalue weighted by atomic mass is 10.1. The van der Waals surface area contributed by atoms with Gasteiger partial charge in [0.25, 0.3) is 11.8 Å². The standard InChI is InChI=1S/C23H26N4O5S/c1-26(2)33(31,32)27-16-18(19-11-6-7-12-21(19)27)15-20(23(30)24-13-8-14-28)25-22(29)17-9-4-3-5-10-17/h3-7,9-12,15-16,28H,8,13-14H2,1-2H3,(H,24,30)(H,25,29). The summed E-state index contributed by atoms with van der Waals surface area (Å²) in [5.41, 5.74) is 1.19. The Balaban J connectivity index is 2.08. The van der Waals surface area contributed by atoms with Crippen molar-refractivity contribution < 1.29 is 23.1 Å². The Bertz CT molecular complexity index is 1280. The number of aliphatic hydroxyl groups is 1. The van der Waals surface area contributed by atoms with Crippen molar-refractivity contribution >= 4 is 39.0 Å². The predicted octanol–water partition coefficient (Wildman–Crippen LogP) is 1.57. The van der Waals surface area contributed by atoms with Crippen LogP contribution in [-0.4, -0.2) is 60.9 Å². The van der Waals surface area contributed by atoms with Crippen molar-refractivity contribution in [2.24, 2.45) is 0 Å². The van der Waals surface area contributed by atoms with E-state index >= 15 is 0 Å². The highest BCUT2D eigenvalue weighted by atomic mass is 32.2. The van der Waals surface area contributed by atoms with Crippen molar-refractivity contribution in [3.05, 3.63) is 77.6 Å². The minimum absolute atomic E-state index is 0.0491. The number of benzene rings is 2. The van der Waals surface area contributed by atoms with Crippen molar-refractivity contribution in [1.82, 2.24) is 18.9 Å². The normalized spacial score (nSPS) is 12.2. The van der Waals surface area contributed by atoms with Gasteiger partial charge in [0.15, 0.2) is 0 Å². The fourth-order valence-corrected chi connectivity index (χ4v) is 4.14. The van der Waals surface area contributed by atoms with E-state index < -0.39 is 22.0 Å². The number of rotatable bonds is 9. The zero-order valence-corrected chi connectivity index (χ0v) is 19.2. The van der Waals surface area contributed by atoms with Crippen LogP contribution in [0.5, 0.6) is 0 Å². The molecule has 0 bridgehead atoms. The molecular weight excluding hydrogens is 444 g/mol. The minimum atomic E-state index is -3.82. The fraction of sp³-hybridized carbons (Fsp3) is 0.217. The average molecular weight is 471 g/mol. The van der Waals surface area contributed by atoms with E-state index in [2.05, 4.69) is 10.6 Å². The SMILES string of the molecule is CN(C)S(=O)(=O)n1cc(C=C(NC(=O)c2ccccc2)C(=O)NCCCO)c2ccccc21. The maximum Gasteiger partial charge on any atom is 0.307 e. The van der Waals surface area contributed by atoms with Crippen LogP contribution in [0.4, 0.5) is 0 Å². The molecule has 3 rings (SSSR count). The van der Waals surface area contributed by atoms with Crippen LogP contribution in [-0.2, 0) is 15.0 Å². The molecule has 2 aromatic carbocycles. The van der Waals surface area contributed by atoms with Gasteiger partial charge in [0.1, 0.15) is 5.70 Å². The van der Waals surface area contributed by atoms with E-state index in [0.29, 0.717) is 28.5 Å². The molecule has 0 aliphatic rings. The maximum atomic E-state index is 12.8. The zero-order valence-electron chi connectivity index (χ0n) is 18.4. The number of aliphatic hydroxyl groups excluding tert-OH is 1. The van der Waals surface area contributed by atoms with Crippen LogP contribution in [0.1, 0.15) is 22.3 Å². The molecule has 10 heteroatoms. The van der Waals surface area contributed by atoms with Crippen LogP contribution in [0.2, 0.25) is 0 Å². The van der Waals surface area contributed by atoms with Gasteiger partial charge in [-0.15, -0.1) is 0 Å². The number of carbonyl (C=O) groups is 2. The first kappa shape index (κ1) is 24.2. The molecule has 0 fully saturated rings. The van der Waals surface area contributed by atoms with Gasteiger partial charge in [-0.1, -0.05) is 36.4 Å². The Labute approximate surface area is 192 Å². The van der Waals surface area contributed by atoms with Crippen molar-refractivity contribution in [2.75, 3.05) is 27.2 Å². The Morgan fingerprint density at radius 2 is 1.73 bits per heavy atom. The van der Waals surface area contributed by atoms with Gasteiger partial charge in [0, 0.05) is 50.0 Å². The summed E-state index contributed by atoms with van der Waals surface area (Å²) in [6.45, 7) is 0.121. The second-order valence-electron chi connectivity index (χ2n) is 7.40. The van der Waals surface area contributed by atoms with Crippen molar-refractivity contribution in [3.8, 4) is 0 Å². The monoisotopic (exact) mass is 470 g/mol. The zero-order chi connectivity index (χ0) is 24.0. The highest BCUT2D eigenvalue weighted by molar-refractivity contribution is 7.87. The molecular formula is C23H26N4O5S. The molecule has 0 saturated carbocycles. The summed E-state index contributed by atoms with van der Waals surface area (Å²) < 4.78 is 27.8. The lowest BCUT2D eigenvalue weighted by molar-refractivity contribution is -0.117. The number of fused-ring (bicyclic) bond motifs is 1. The number of hydrogen-bond donors (Lipinski definition) is 3. The van der Waals surface area contributed by atoms with Gasteiger partial charge in [-0.2, -0.15) is 12.7 Å². The van der Waals surface area contributed by atoms with E-state index in [1.807, 2.05) is 0 Å². The topological polar surface area (TPSA) is 121 Å². The maximum absolute atomic E-state index is 12.8. The third-order valence-corrected chi connectivity index (χ3v) is 6.59. The van der Waals surface area contributed by atoms with Crippen LogP contribution < -0.4 is 10.6 Å². The Hall–Kier alpha value is -3.47. The van der Waals surface area contributed by atoms with Crippen LogP contribution in [0.3, 0.4) is 0 Å². The molecule has 2 amide bonds. The summed E-state index contributed by atoms with van der Waals surface area (Å²) in [5.74, 6) is -1.04. The molecule has 0 spiro atoms. The Morgan fingerprint density at radius 1 is 1.06 bits per heavy atom. The number of amides is 2. The molecule has 0 unspecified atom stereocenters. The summed E-state index contributed by atoms with van der Waals surface area (Å²) in [4.78, 5) is 25.5. The van der Waals surface area contributed by atoms with E-state index in [9.17, 15) is 18.0 Å². The first-order valence-electron chi connectivity index (χ1n) is 10.3. The molecule has 0 saturated heterocycles. The number of hydrogen-bond acceptors (Lipinski definition) is 5. The highest BCUT2D eigenvalue weighted by Crippen LogP contribution is 2.25. The summed E-state index contributed by atoms with van der Waals surface area (Å²) in [7, 11) is -0.957. The third-order valence-electron chi connectivity index (χ3n) is 4.87. The molecule has 33 heavy (non-hydrogen) atoms. The van der Waals surface area contributed by atoms with E-state index in [4.69, 9.17) is 5.11 Å². The van der Waals surface area contributed by atoms with Crippen LogP contribution in [0.25, 0.3) is 17.0 Å². The molecule has 174 valence electrons. The summed E-state index contributed by atoms with van der Waals surface area (Å²) >= 11 is 0. The molecule has 0 aliphatic heterocycles. The first-order valence-corrected chi connectivity index (χ1v) is 11.7. The van der Waals surface area contributed by atoms with E-state index in [-0.39, 0.29) is 18.8 Å². The van der Waals surface area contributed by atoms with Crippen LogP contribution in [0.15, 0.2) is 66.5 Å². The van der Waals surface area contributed by atoms with E-state index in [1.165, 1.54) is 26.4 Å². The van der Waals surface area contributed by atoms with Crippen LogP contribution in [0, 0.1) is 0 Å². The number of nitrogens with zero attached hydrogens (tertiary/aromatic N) is 2. The highest BCUT2D eigenvalue weighted by Gasteiger charge is 2.22. The first-order chi connectivity index (χ1) is 15.8. The van der Waals surface area contributed by atoms with E-state index in [0.717, 1.165) is 8.28 Å². The summed E-state index contributed by atoms with van der Waals surface area (Å²) in [6.07, 6.45) is 3.21. The number of carbonyl (C=O) groups excluding carboxylic acids is 2. The lowest BCUT2D eigenvalue weighted by Gasteiger charge is -2.13. The van der Waals surface area contributed by atoms with Gasteiger partial charge in [-0.05, 0) is 30.7 Å². The Morgan fingerprint density at radius 3 is 2.39 bits per heavy atom. The fourth-order valence-electron chi connectivity index (χ4n) is 3.13. The van der Waals surface area contributed by atoms with E-state index in [1.54, 1.807) is 54.6 Å². The smallest absolute Gasteiger partial charge is 0.307 e. The Kier molecular flexibility index (Phi) is 7.64. The number of aromatic nitrogens is 1. The second kappa shape index (κ2) is 10.4. The molecule has 0 radical (unpaired) electrons. The molecule has 0 aliphatic carbocycles. The molecule has 0 atom stereocenters. The molecule has 3 N–H and O–H groups in total. The number of nitrogens with one attached hydrogen (secondary N) is 2. The summed E-state index contributed by atoms with van der Waals surface area (Å²) in [5, 5.41) is 14.9. The van der Waals surface area contributed by atoms with Crippen molar-refractivity contribution in [2.45, 2.75) is 6.42 Å². The van der Waals surface area contributed by atoms with Gasteiger partial charge in [-0.25, -0.2) is 3.97 Å². The number of para-hydroxylation sites is 1. The lowest BCUT2D eigenvalue weighted by Crippen LogP contribution is -2.35. The molecule has 3 aromatic rings. The predicted molar refractivity (Wildman–Crippen MR) is 127 cm³/mol. The summed E-state index contributed by atoms with van der Waals surface area (Å²) in [6, 6.07) is 15.3. The van der Waals surface area contributed by atoms with Gasteiger partial charge in [0.2, 0.25) is 0 Å². The van der Waals surface area contributed by atoms with Gasteiger partial charge in [-0.3, -0.25) is 9.59 Å². The second-order valence-corrected chi connectivity index (χ2v) is 9.42. The molecule has 9 nitrogen and oxygen atoms in total. The van der Waals surface area contributed by atoms with Gasteiger partial charge >= 0.3 is 10.2 Å². The molecule has 1 aromatic heterocycles. The third kappa shape index (κ3) is 5.48. The minimum Gasteiger partial charge on any atom is -0.396 e.